The maximum Gasteiger partial charge on any atom is 0.349 e. The van der Waals surface area contributed by atoms with Crippen LogP contribution in [-0.2, 0) is 19.1 Å². The second-order valence-electron chi connectivity index (χ2n) is 3.81. The fraction of sp³-hybridized carbons (Fsp3) is 0.462. The zero-order valence-corrected chi connectivity index (χ0v) is 10.3. The Morgan fingerprint density at radius 1 is 1.41 bits per heavy atom. The van der Waals surface area contributed by atoms with Gasteiger partial charge in [0.15, 0.2) is 0 Å². The van der Waals surface area contributed by atoms with Crippen molar-refractivity contribution in [3.05, 3.63) is 29.0 Å². The van der Waals surface area contributed by atoms with Gasteiger partial charge in [-0.15, -0.1) is 5.73 Å². The van der Waals surface area contributed by atoms with Gasteiger partial charge in [-0.2, -0.15) is 0 Å². The molecular formula is C13H16O4. The second-order valence-corrected chi connectivity index (χ2v) is 3.81. The lowest BCUT2D eigenvalue weighted by Crippen LogP contribution is -2.13. The largest absolute Gasteiger partial charge is 0.386 e. The summed E-state index contributed by atoms with van der Waals surface area (Å²) in [5, 5.41) is 0. The van der Waals surface area contributed by atoms with Crippen LogP contribution in [0.4, 0.5) is 0 Å². The number of carbonyl (C=O) groups is 2. The third kappa shape index (κ3) is 4.81. The van der Waals surface area contributed by atoms with Gasteiger partial charge >= 0.3 is 11.9 Å². The molecule has 0 N–H and O–H groups in total. The summed E-state index contributed by atoms with van der Waals surface area (Å²) < 4.78 is 9.68. The van der Waals surface area contributed by atoms with Crippen molar-refractivity contribution >= 4 is 11.9 Å². The molecule has 4 nitrogen and oxygen atoms in total. The first-order valence-corrected chi connectivity index (χ1v) is 5.47. The minimum absolute atomic E-state index is 0.220. The van der Waals surface area contributed by atoms with E-state index in [9.17, 15) is 9.59 Å². The zero-order chi connectivity index (χ0) is 12.8. The van der Waals surface area contributed by atoms with Crippen molar-refractivity contribution in [2.75, 3.05) is 6.61 Å². The molecule has 1 fully saturated rings. The van der Waals surface area contributed by atoms with Crippen LogP contribution < -0.4 is 0 Å². The predicted molar refractivity (Wildman–Crippen MR) is 62.2 cm³/mol. The summed E-state index contributed by atoms with van der Waals surface area (Å²) in [5.41, 5.74) is 3.37. The second kappa shape index (κ2) is 6.18. The molecule has 0 spiro atoms. The normalized spacial score (nSPS) is 18.1. The predicted octanol–water partition coefficient (Wildman–Crippen LogP) is 1.91. The van der Waals surface area contributed by atoms with E-state index in [-0.39, 0.29) is 11.7 Å². The highest BCUT2D eigenvalue weighted by Gasteiger charge is 2.21. The van der Waals surface area contributed by atoms with Gasteiger partial charge in [-0.25, -0.2) is 9.59 Å². The number of hydrogen-bond donors (Lipinski definition) is 0. The topological polar surface area (TPSA) is 55.9 Å². The molecule has 1 heterocycles. The number of ether oxygens (including phenoxy) is 2. The zero-order valence-electron chi connectivity index (χ0n) is 10.3. The van der Waals surface area contributed by atoms with E-state index < -0.39 is 11.9 Å². The highest BCUT2D eigenvalue weighted by Crippen LogP contribution is 2.15. The molecule has 0 bridgehead atoms. The molecule has 0 aromatic rings. The van der Waals surface area contributed by atoms with Crippen molar-refractivity contribution in [2.24, 2.45) is 0 Å². The Morgan fingerprint density at radius 2 is 2.06 bits per heavy atom. The van der Waals surface area contributed by atoms with Crippen molar-refractivity contribution in [1.29, 1.82) is 0 Å². The van der Waals surface area contributed by atoms with E-state index in [1.165, 1.54) is 0 Å². The lowest BCUT2D eigenvalue weighted by atomic mass is 10.2. The molecule has 0 aromatic carbocycles. The average molecular weight is 236 g/mol. The number of esters is 2. The Kier molecular flexibility index (Phi) is 4.88. The average Bonchev–Trinajstić information content (AvgIpc) is 3.09. The molecule has 17 heavy (non-hydrogen) atoms. The maximum atomic E-state index is 11.5. The van der Waals surface area contributed by atoms with Crippen LogP contribution in [0.3, 0.4) is 0 Å². The molecule has 0 aromatic heterocycles. The number of epoxide rings is 1. The Balaban J connectivity index is 2.50. The smallest absolute Gasteiger partial charge is 0.349 e. The number of hydrogen-bond acceptors (Lipinski definition) is 4. The van der Waals surface area contributed by atoms with Gasteiger partial charge in [-0.05, 0) is 33.3 Å². The van der Waals surface area contributed by atoms with Gasteiger partial charge in [-0.3, -0.25) is 0 Å². The van der Waals surface area contributed by atoms with Crippen LogP contribution in [0.5, 0.6) is 0 Å². The van der Waals surface area contributed by atoms with E-state index >= 15 is 0 Å². The SMILES string of the molecule is CC=C=C(C)C(=O)OC(=O)C(C)=CCC1CO1. The summed E-state index contributed by atoms with van der Waals surface area (Å²) >= 11 is 0. The Hall–Kier alpha value is -1.64. The monoisotopic (exact) mass is 236 g/mol. The van der Waals surface area contributed by atoms with Crippen molar-refractivity contribution in [3.63, 3.8) is 0 Å². The molecule has 1 unspecified atom stereocenters. The van der Waals surface area contributed by atoms with Crippen molar-refractivity contribution in [1.82, 2.24) is 0 Å². The quantitative estimate of drug-likeness (QED) is 0.246. The minimum atomic E-state index is -0.663. The van der Waals surface area contributed by atoms with Gasteiger partial charge < -0.3 is 9.47 Å². The maximum absolute atomic E-state index is 11.5. The third-order valence-corrected chi connectivity index (χ3v) is 2.26. The molecule has 1 aliphatic heterocycles. The van der Waals surface area contributed by atoms with E-state index in [4.69, 9.17) is 4.74 Å². The van der Waals surface area contributed by atoms with E-state index in [0.29, 0.717) is 12.0 Å². The van der Waals surface area contributed by atoms with Crippen molar-refractivity contribution in [3.8, 4) is 0 Å². The molecule has 0 amide bonds. The Labute approximate surface area is 101 Å². The first-order valence-electron chi connectivity index (χ1n) is 5.47. The van der Waals surface area contributed by atoms with Crippen molar-refractivity contribution in [2.45, 2.75) is 33.3 Å². The molecule has 4 heteroatoms. The third-order valence-electron chi connectivity index (χ3n) is 2.26. The summed E-state index contributed by atoms with van der Waals surface area (Å²) in [4.78, 5) is 22.9. The van der Waals surface area contributed by atoms with E-state index in [2.05, 4.69) is 10.5 Å². The van der Waals surface area contributed by atoms with E-state index in [1.807, 2.05) is 0 Å². The van der Waals surface area contributed by atoms with E-state index in [1.54, 1.807) is 32.9 Å². The standard InChI is InChI=1S/C13H16O4/c1-4-5-9(2)12(14)17-13(15)10(3)6-7-11-8-16-11/h4,6,11H,7-8H2,1-3H3. The summed E-state index contributed by atoms with van der Waals surface area (Å²) in [6.07, 6.45) is 4.22. The Morgan fingerprint density at radius 3 is 2.59 bits per heavy atom. The molecule has 92 valence electrons. The van der Waals surface area contributed by atoms with Crippen LogP contribution in [0, 0.1) is 0 Å². The van der Waals surface area contributed by atoms with Gasteiger partial charge in [0.2, 0.25) is 0 Å². The number of rotatable bonds is 4. The van der Waals surface area contributed by atoms with Crippen LogP contribution in [-0.4, -0.2) is 24.6 Å². The molecule has 1 aliphatic rings. The lowest BCUT2D eigenvalue weighted by molar-refractivity contribution is -0.153. The molecule has 1 atom stereocenters. The molecule has 1 rings (SSSR count). The van der Waals surface area contributed by atoms with Crippen LogP contribution >= 0.6 is 0 Å². The van der Waals surface area contributed by atoms with Crippen LogP contribution in [0.1, 0.15) is 27.2 Å². The van der Waals surface area contributed by atoms with Gasteiger partial charge in [0, 0.05) is 5.57 Å². The van der Waals surface area contributed by atoms with Gasteiger partial charge in [0.25, 0.3) is 0 Å². The molecule has 1 saturated heterocycles. The highest BCUT2D eigenvalue weighted by atomic mass is 16.6. The lowest BCUT2D eigenvalue weighted by Gasteiger charge is -2.01. The van der Waals surface area contributed by atoms with Crippen molar-refractivity contribution < 1.29 is 19.1 Å². The van der Waals surface area contributed by atoms with Gasteiger partial charge in [0.05, 0.1) is 18.3 Å². The Bertz CT molecular complexity index is 407. The van der Waals surface area contributed by atoms with Crippen LogP contribution in [0.25, 0.3) is 0 Å². The first-order chi connectivity index (χ1) is 8.04. The molecule has 0 radical (unpaired) electrons. The van der Waals surface area contributed by atoms with Crippen LogP contribution in [0.15, 0.2) is 29.0 Å². The summed E-state index contributed by atoms with van der Waals surface area (Å²) in [6.45, 7) is 5.64. The molecule has 0 saturated carbocycles. The van der Waals surface area contributed by atoms with E-state index in [0.717, 1.165) is 6.61 Å². The van der Waals surface area contributed by atoms with Crippen LogP contribution in [0.2, 0.25) is 0 Å². The summed E-state index contributed by atoms with van der Waals surface area (Å²) in [6, 6.07) is 0. The minimum Gasteiger partial charge on any atom is -0.386 e. The molecular weight excluding hydrogens is 220 g/mol. The number of carbonyl (C=O) groups excluding carboxylic acids is 2. The summed E-state index contributed by atoms with van der Waals surface area (Å²) in [5.74, 6) is -1.28. The van der Waals surface area contributed by atoms with Gasteiger partial charge in [0.1, 0.15) is 0 Å². The fourth-order valence-corrected chi connectivity index (χ4v) is 1.11. The van der Waals surface area contributed by atoms with Gasteiger partial charge in [-0.1, -0.05) is 6.08 Å². The summed E-state index contributed by atoms with van der Waals surface area (Å²) in [7, 11) is 0. The molecule has 0 aliphatic carbocycles. The fourth-order valence-electron chi connectivity index (χ4n) is 1.11. The first kappa shape index (κ1) is 13.4. The highest BCUT2D eigenvalue weighted by molar-refractivity contribution is 6.01.